The first-order valence-corrected chi connectivity index (χ1v) is 9.47. The number of aromatic amines is 1. The Morgan fingerprint density at radius 1 is 1.32 bits per heavy atom. The van der Waals surface area contributed by atoms with Gasteiger partial charge < -0.3 is 0 Å². The molecule has 124 valence electrons. The summed E-state index contributed by atoms with van der Waals surface area (Å²) >= 11 is 0. The molecule has 6 nitrogen and oxygen atoms in total. The lowest BCUT2D eigenvalue weighted by molar-refractivity contribution is 0.215. The zero-order valence-corrected chi connectivity index (χ0v) is 14.1. The minimum atomic E-state index is -3.55. The van der Waals surface area contributed by atoms with E-state index in [9.17, 15) is 13.2 Å². The topological polar surface area (TPSA) is 84.8 Å². The number of H-pyrrole nitrogens is 1. The number of hydrogen-bond donors (Lipinski definition) is 1. The van der Waals surface area contributed by atoms with E-state index in [2.05, 4.69) is 30.6 Å². The first kappa shape index (κ1) is 17.0. The molecule has 1 aliphatic rings. The normalized spacial score (nSPS) is 26.0. The minimum Gasteiger partial charge on any atom is -0.262 e. The molecule has 0 amide bonds. The van der Waals surface area contributed by atoms with E-state index in [0.29, 0.717) is 24.2 Å². The molecule has 0 spiro atoms. The lowest BCUT2D eigenvalue weighted by Crippen LogP contribution is -2.24. The third-order valence-electron chi connectivity index (χ3n) is 4.38. The van der Waals surface area contributed by atoms with Gasteiger partial charge in [0, 0.05) is 6.54 Å². The van der Waals surface area contributed by atoms with Crippen molar-refractivity contribution in [2.75, 3.05) is 5.75 Å². The van der Waals surface area contributed by atoms with Gasteiger partial charge in [0.15, 0.2) is 0 Å². The Morgan fingerprint density at radius 2 is 1.95 bits per heavy atom. The Labute approximate surface area is 131 Å². The Morgan fingerprint density at radius 3 is 2.55 bits per heavy atom. The maximum absolute atomic E-state index is 12.5. The molecule has 0 saturated heterocycles. The van der Waals surface area contributed by atoms with Crippen LogP contribution in [0.15, 0.2) is 22.6 Å². The summed E-state index contributed by atoms with van der Waals surface area (Å²) in [6.07, 6.45) is 5.51. The number of allylic oxidation sites excluding steroid dienone is 1. The van der Waals surface area contributed by atoms with Crippen LogP contribution in [-0.4, -0.2) is 28.9 Å². The molecule has 1 aromatic rings. The molecule has 1 aromatic heterocycles. The Bertz CT molecular complexity index is 664. The van der Waals surface area contributed by atoms with Gasteiger partial charge in [-0.25, -0.2) is 18.3 Å². The van der Waals surface area contributed by atoms with Gasteiger partial charge in [0.1, 0.15) is 0 Å². The van der Waals surface area contributed by atoms with Crippen molar-refractivity contribution in [3.8, 4) is 0 Å². The first-order chi connectivity index (χ1) is 10.3. The second-order valence-corrected chi connectivity index (χ2v) is 8.60. The lowest BCUT2D eigenvalue weighted by Gasteiger charge is -2.31. The number of nitrogens with one attached hydrogen (secondary N) is 1. The monoisotopic (exact) mass is 327 g/mol. The highest BCUT2D eigenvalue weighted by Crippen LogP contribution is 2.35. The fourth-order valence-corrected chi connectivity index (χ4v) is 5.10. The van der Waals surface area contributed by atoms with Gasteiger partial charge in [-0.15, -0.1) is 11.7 Å². The predicted molar refractivity (Wildman–Crippen MR) is 85.4 cm³/mol. The van der Waals surface area contributed by atoms with Gasteiger partial charge in [0.25, 0.3) is 0 Å². The van der Waals surface area contributed by atoms with E-state index in [0.717, 1.165) is 17.4 Å². The second-order valence-electron chi connectivity index (χ2n) is 6.60. The molecule has 1 fully saturated rings. The van der Waals surface area contributed by atoms with Crippen molar-refractivity contribution < 1.29 is 8.42 Å². The average Bonchev–Trinajstić information content (AvgIpc) is 2.79. The smallest absolute Gasteiger partial charge is 0.262 e. The quantitative estimate of drug-likeness (QED) is 0.810. The highest BCUT2D eigenvalue weighted by atomic mass is 32.2. The maximum Gasteiger partial charge on any atom is 0.344 e. The van der Waals surface area contributed by atoms with E-state index < -0.39 is 15.5 Å². The molecule has 1 aliphatic carbocycles. The molecular formula is C15H25N3O3S. The minimum absolute atomic E-state index is 0.0402. The molecule has 0 radical (unpaired) electrons. The second kappa shape index (κ2) is 6.81. The van der Waals surface area contributed by atoms with Crippen molar-refractivity contribution in [3.05, 3.63) is 23.1 Å². The summed E-state index contributed by atoms with van der Waals surface area (Å²) in [4.78, 5) is 11.6. The zero-order chi connectivity index (χ0) is 16.3. The maximum atomic E-state index is 12.5. The number of hydrogen-bond acceptors (Lipinski definition) is 4. The predicted octanol–water partition coefficient (Wildman–Crippen LogP) is 1.99. The standard InChI is InChI=1S/C15H25N3O3S/c1-4-6-18-14(19)16-17-15(18)22(20,21)7-5-13-9-11(2)8-12(3)10-13/h4,11-13H,1,5-10H2,2-3H3,(H,16,19)/t11-,12-/m1/s1. The number of nitrogens with zero attached hydrogens (tertiary/aromatic N) is 2. The van der Waals surface area contributed by atoms with Crippen molar-refractivity contribution in [3.63, 3.8) is 0 Å². The van der Waals surface area contributed by atoms with Crippen molar-refractivity contribution in [2.45, 2.75) is 51.2 Å². The van der Waals surface area contributed by atoms with Crippen LogP contribution in [0.5, 0.6) is 0 Å². The van der Waals surface area contributed by atoms with Crippen molar-refractivity contribution in [1.29, 1.82) is 0 Å². The lowest BCUT2D eigenvalue weighted by atomic mass is 9.76. The zero-order valence-electron chi connectivity index (χ0n) is 13.3. The van der Waals surface area contributed by atoms with E-state index in [1.807, 2.05) is 0 Å². The summed E-state index contributed by atoms with van der Waals surface area (Å²) in [7, 11) is -3.55. The largest absolute Gasteiger partial charge is 0.344 e. The van der Waals surface area contributed by atoms with Crippen LogP contribution in [0.1, 0.15) is 39.5 Å². The first-order valence-electron chi connectivity index (χ1n) is 7.82. The van der Waals surface area contributed by atoms with E-state index >= 15 is 0 Å². The van der Waals surface area contributed by atoms with Gasteiger partial charge in [-0.2, -0.15) is 0 Å². The summed E-state index contributed by atoms with van der Waals surface area (Å²) in [5.74, 6) is 1.78. The molecule has 0 bridgehead atoms. The number of aromatic nitrogens is 3. The van der Waals surface area contributed by atoms with Crippen LogP contribution in [0, 0.1) is 17.8 Å². The fourth-order valence-electron chi connectivity index (χ4n) is 3.59. The van der Waals surface area contributed by atoms with Gasteiger partial charge in [-0.1, -0.05) is 19.9 Å². The molecule has 1 saturated carbocycles. The molecule has 0 unspecified atom stereocenters. The van der Waals surface area contributed by atoms with Crippen molar-refractivity contribution in [1.82, 2.24) is 14.8 Å². The van der Waals surface area contributed by atoms with Crippen LogP contribution in [0.25, 0.3) is 0 Å². The molecule has 2 atom stereocenters. The van der Waals surface area contributed by atoms with Crippen molar-refractivity contribution >= 4 is 9.84 Å². The van der Waals surface area contributed by atoms with Crippen molar-refractivity contribution in [2.24, 2.45) is 17.8 Å². The molecule has 1 heterocycles. The fraction of sp³-hybridized carbons (Fsp3) is 0.733. The van der Waals surface area contributed by atoms with Gasteiger partial charge in [-0.3, -0.25) is 4.57 Å². The highest BCUT2D eigenvalue weighted by Gasteiger charge is 2.28. The Kier molecular flexibility index (Phi) is 5.26. The molecule has 22 heavy (non-hydrogen) atoms. The van der Waals surface area contributed by atoms with Gasteiger partial charge in [0.2, 0.25) is 15.0 Å². The van der Waals surface area contributed by atoms with E-state index in [4.69, 9.17) is 0 Å². The molecule has 1 N–H and O–H groups in total. The van der Waals surface area contributed by atoms with Crippen LogP contribution >= 0.6 is 0 Å². The highest BCUT2D eigenvalue weighted by molar-refractivity contribution is 7.91. The van der Waals surface area contributed by atoms with Gasteiger partial charge in [-0.05, 0) is 43.4 Å². The number of rotatable bonds is 6. The SMILES string of the molecule is C=CCn1c(S(=O)(=O)CCC2C[C@H](C)C[C@@H](C)C2)n[nH]c1=O. The Balaban J connectivity index is 2.08. The summed E-state index contributed by atoms with van der Waals surface area (Å²) in [5.41, 5.74) is -0.515. The summed E-state index contributed by atoms with van der Waals surface area (Å²) < 4.78 is 26.1. The molecular weight excluding hydrogens is 302 g/mol. The van der Waals surface area contributed by atoms with Crippen LogP contribution in [0.4, 0.5) is 0 Å². The van der Waals surface area contributed by atoms with Crippen LogP contribution in [0.2, 0.25) is 0 Å². The summed E-state index contributed by atoms with van der Waals surface area (Å²) in [6, 6.07) is 0. The summed E-state index contributed by atoms with van der Waals surface area (Å²) in [5, 5.41) is 5.73. The summed E-state index contributed by atoms with van der Waals surface area (Å²) in [6.45, 7) is 8.14. The van der Waals surface area contributed by atoms with Crippen LogP contribution in [0.3, 0.4) is 0 Å². The molecule has 2 rings (SSSR count). The average molecular weight is 327 g/mol. The Hall–Kier alpha value is -1.37. The molecule has 0 aliphatic heterocycles. The van der Waals surface area contributed by atoms with E-state index in [-0.39, 0.29) is 17.5 Å². The third kappa shape index (κ3) is 3.88. The molecule has 0 aromatic carbocycles. The van der Waals surface area contributed by atoms with Crippen LogP contribution < -0.4 is 5.69 Å². The third-order valence-corrected chi connectivity index (χ3v) is 6.03. The number of sulfone groups is 1. The van der Waals surface area contributed by atoms with E-state index in [1.54, 1.807) is 0 Å². The van der Waals surface area contributed by atoms with Gasteiger partial charge >= 0.3 is 5.69 Å². The molecule has 7 heteroatoms. The van der Waals surface area contributed by atoms with E-state index in [1.165, 1.54) is 12.5 Å². The van der Waals surface area contributed by atoms with Crippen LogP contribution in [-0.2, 0) is 16.4 Å². The van der Waals surface area contributed by atoms with Gasteiger partial charge in [0.05, 0.1) is 5.75 Å².